The molecule has 0 aliphatic heterocycles. The number of nitrogens with one attached hydrogen (secondary N) is 2. The first-order valence-corrected chi connectivity index (χ1v) is 9.64. The standard InChI is InChI=1S/C19H21ClN2O2S/c1-4-7-15-8-6-9-17(13-15)25(23,24)22-19(5-2)21-16-10-11-18(20)14(3)12-16/h4-6,8-13,21-22H,1,7H2,2-3H3/b19-5-. The van der Waals surface area contributed by atoms with Gasteiger partial charge >= 0.3 is 0 Å². The fraction of sp³-hybridized carbons (Fsp3) is 0.158. The summed E-state index contributed by atoms with van der Waals surface area (Å²) in [6.07, 6.45) is 4.01. The minimum Gasteiger partial charge on any atom is -0.342 e. The van der Waals surface area contributed by atoms with Crippen LogP contribution < -0.4 is 10.0 Å². The molecule has 0 aromatic heterocycles. The minimum absolute atomic E-state index is 0.209. The van der Waals surface area contributed by atoms with E-state index in [0.717, 1.165) is 16.8 Å². The fourth-order valence-electron chi connectivity index (χ4n) is 2.24. The normalized spacial score (nSPS) is 11.9. The Morgan fingerprint density at radius 3 is 2.64 bits per heavy atom. The highest BCUT2D eigenvalue weighted by Gasteiger charge is 2.15. The fourth-order valence-corrected chi connectivity index (χ4v) is 3.50. The monoisotopic (exact) mass is 376 g/mol. The van der Waals surface area contributed by atoms with Crippen LogP contribution >= 0.6 is 11.6 Å². The van der Waals surface area contributed by atoms with Crippen LogP contribution in [0.4, 0.5) is 5.69 Å². The van der Waals surface area contributed by atoms with E-state index < -0.39 is 10.0 Å². The van der Waals surface area contributed by atoms with Crippen molar-refractivity contribution in [3.05, 3.63) is 83.2 Å². The summed E-state index contributed by atoms with van der Waals surface area (Å²) in [5, 5.41) is 3.72. The Balaban J connectivity index is 2.20. The minimum atomic E-state index is -3.69. The van der Waals surface area contributed by atoms with E-state index in [1.54, 1.807) is 49.4 Å². The zero-order valence-corrected chi connectivity index (χ0v) is 15.8. The molecule has 2 aromatic rings. The van der Waals surface area contributed by atoms with Crippen molar-refractivity contribution in [2.45, 2.75) is 25.2 Å². The summed E-state index contributed by atoms with van der Waals surface area (Å²) in [7, 11) is -3.69. The molecule has 25 heavy (non-hydrogen) atoms. The Bertz CT molecular complexity index is 905. The maximum Gasteiger partial charge on any atom is 0.262 e. The second-order valence-corrected chi connectivity index (χ2v) is 7.63. The van der Waals surface area contributed by atoms with Gasteiger partial charge < -0.3 is 5.32 Å². The van der Waals surface area contributed by atoms with Crippen molar-refractivity contribution in [2.24, 2.45) is 0 Å². The molecule has 132 valence electrons. The van der Waals surface area contributed by atoms with Gasteiger partial charge in [-0.2, -0.15) is 0 Å². The predicted octanol–water partition coefficient (Wildman–Crippen LogP) is 4.63. The number of allylic oxidation sites excluding steroid dienone is 2. The van der Waals surface area contributed by atoms with Gasteiger partial charge in [0.05, 0.1) is 4.90 Å². The molecule has 2 N–H and O–H groups in total. The van der Waals surface area contributed by atoms with Gasteiger partial charge in [0.25, 0.3) is 10.0 Å². The van der Waals surface area contributed by atoms with E-state index in [4.69, 9.17) is 11.6 Å². The van der Waals surface area contributed by atoms with Gasteiger partial charge in [-0.1, -0.05) is 29.8 Å². The topological polar surface area (TPSA) is 58.2 Å². The largest absolute Gasteiger partial charge is 0.342 e. The molecule has 6 heteroatoms. The van der Waals surface area contributed by atoms with Crippen LogP contribution in [0, 0.1) is 6.92 Å². The Hall–Kier alpha value is -2.24. The molecule has 2 rings (SSSR count). The highest BCUT2D eigenvalue weighted by Crippen LogP contribution is 2.21. The van der Waals surface area contributed by atoms with Crippen LogP contribution in [-0.2, 0) is 16.4 Å². The van der Waals surface area contributed by atoms with Gasteiger partial charge in [0.2, 0.25) is 0 Å². The third-order valence-corrected chi connectivity index (χ3v) is 5.35. The van der Waals surface area contributed by atoms with Crippen LogP contribution in [0.3, 0.4) is 0 Å². The van der Waals surface area contributed by atoms with Crippen molar-refractivity contribution in [2.75, 3.05) is 5.32 Å². The van der Waals surface area contributed by atoms with E-state index in [9.17, 15) is 8.42 Å². The van der Waals surface area contributed by atoms with E-state index >= 15 is 0 Å². The van der Waals surface area contributed by atoms with E-state index in [0.29, 0.717) is 17.3 Å². The average Bonchev–Trinajstić information content (AvgIpc) is 2.58. The molecular formula is C19H21ClN2O2S. The molecular weight excluding hydrogens is 356 g/mol. The highest BCUT2D eigenvalue weighted by molar-refractivity contribution is 7.89. The van der Waals surface area contributed by atoms with Crippen molar-refractivity contribution >= 4 is 27.3 Å². The number of benzene rings is 2. The summed E-state index contributed by atoms with van der Waals surface area (Å²) in [6.45, 7) is 7.31. The summed E-state index contributed by atoms with van der Waals surface area (Å²) >= 11 is 6.02. The van der Waals surface area contributed by atoms with Crippen LogP contribution in [0.25, 0.3) is 0 Å². The first-order chi connectivity index (χ1) is 11.9. The van der Waals surface area contributed by atoms with Gasteiger partial charge in [0.1, 0.15) is 5.82 Å². The predicted molar refractivity (Wildman–Crippen MR) is 104 cm³/mol. The third-order valence-electron chi connectivity index (χ3n) is 3.56. The number of rotatable bonds is 7. The Morgan fingerprint density at radius 1 is 1.24 bits per heavy atom. The van der Waals surface area contributed by atoms with E-state index in [1.165, 1.54) is 0 Å². The Kier molecular flexibility index (Phi) is 6.28. The summed E-state index contributed by atoms with van der Waals surface area (Å²) in [5.74, 6) is 0.371. The average molecular weight is 377 g/mol. The van der Waals surface area contributed by atoms with Gasteiger partial charge in [0.15, 0.2) is 0 Å². The lowest BCUT2D eigenvalue weighted by atomic mass is 10.2. The molecule has 0 spiro atoms. The molecule has 0 saturated carbocycles. The van der Waals surface area contributed by atoms with Crippen LogP contribution in [0.15, 0.2) is 71.9 Å². The van der Waals surface area contributed by atoms with Crippen LogP contribution in [0.1, 0.15) is 18.1 Å². The molecule has 2 aromatic carbocycles. The number of anilines is 1. The molecule has 0 aliphatic rings. The van der Waals surface area contributed by atoms with Gasteiger partial charge in [-0.15, -0.1) is 6.58 Å². The molecule has 4 nitrogen and oxygen atoms in total. The molecule has 0 fully saturated rings. The van der Waals surface area contributed by atoms with Crippen molar-refractivity contribution < 1.29 is 8.42 Å². The number of sulfonamides is 1. The van der Waals surface area contributed by atoms with E-state index in [1.807, 2.05) is 19.1 Å². The Morgan fingerprint density at radius 2 is 2.00 bits per heavy atom. The van der Waals surface area contributed by atoms with E-state index in [2.05, 4.69) is 16.6 Å². The zero-order valence-electron chi connectivity index (χ0n) is 14.2. The van der Waals surface area contributed by atoms with E-state index in [-0.39, 0.29) is 4.90 Å². The van der Waals surface area contributed by atoms with Gasteiger partial charge in [0, 0.05) is 10.7 Å². The lowest BCUT2D eigenvalue weighted by Gasteiger charge is -2.15. The number of aryl methyl sites for hydroxylation is 1. The zero-order chi connectivity index (χ0) is 18.4. The maximum atomic E-state index is 12.6. The first kappa shape index (κ1) is 19.1. The highest BCUT2D eigenvalue weighted by atomic mass is 35.5. The first-order valence-electron chi connectivity index (χ1n) is 7.78. The van der Waals surface area contributed by atoms with Crippen molar-refractivity contribution in [3.63, 3.8) is 0 Å². The smallest absolute Gasteiger partial charge is 0.262 e. The summed E-state index contributed by atoms with van der Waals surface area (Å²) in [5.41, 5.74) is 2.54. The quantitative estimate of drug-likeness (QED) is 0.692. The van der Waals surface area contributed by atoms with Crippen LogP contribution in [0.5, 0.6) is 0 Å². The molecule has 0 aliphatic carbocycles. The summed E-state index contributed by atoms with van der Waals surface area (Å²) < 4.78 is 27.8. The van der Waals surface area contributed by atoms with Gasteiger partial charge in [-0.3, -0.25) is 4.72 Å². The molecule has 0 saturated heterocycles. The van der Waals surface area contributed by atoms with Crippen molar-refractivity contribution in [1.29, 1.82) is 0 Å². The summed E-state index contributed by atoms with van der Waals surface area (Å²) in [6, 6.07) is 12.2. The third kappa shape index (κ3) is 5.11. The lowest BCUT2D eigenvalue weighted by Crippen LogP contribution is -2.27. The SMILES string of the molecule is C=CCc1cccc(S(=O)(=O)N/C(=C\C)Nc2ccc(Cl)c(C)c2)c1. The molecule has 0 amide bonds. The number of halogens is 1. The Labute approximate surface area is 154 Å². The van der Waals surface area contributed by atoms with Crippen molar-refractivity contribution in [1.82, 2.24) is 4.72 Å². The number of hydrogen-bond acceptors (Lipinski definition) is 3. The van der Waals surface area contributed by atoms with Crippen LogP contribution in [-0.4, -0.2) is 8.42 Å². The second-order valence-electron chi connectivity index (χ2n) is 5.54. The second kappa shape index (κ2) is 8.23. The molecule has 0 bridgehead atoms. The van der Waals surface area contributed by atoms with Gasteiger partial charge in [-0.05, 0) is 67.8 Å². The molecule has 0 unspecified atom stereocenters. The molecule has 0 heterocycles. The molecule has 0 radical (unpaired) electrons. The van der Waals surface area contributed by atoms with Gasteiger partial charge in [-0.25, -0.2) is 8.42 Å². The van der Waals surface area contributed by atoms with Crippen LogP contribution in [0.2, 0.25) is 5.02 Å². The van der Waals surface area contributed by atoms with Crippen molar-refractivity contribution in [3.8, 4) is 0 Å². The lowest BCUT2D eigenvalue weighted by molar-refractivity contribution is 0.588. The maximum absolute atomic E-state index is 12.6. The number of hydrogen-bond donors (Lipinski definition) is 2. The summed E-state index contributed by atoms with van der Waals surface area (Å²) in [4.78, 5) is 0.209. The molecule has 0 atom stereocenters.